The largest absolute Gasteiger partial charge is 0.494 e. The second-order valence-corrected chi connectivity index (χ2v) is 13.4. The molecular weight excluding hydrogens is 519 g/mol. The molecule has 1 spiro atoms. The van der Waals surface area contributed by atoms with Gasteiger partial charge in [-0.1, -0.05) is 115 Å². The molecule has 0 atom stereocenters. The summed E-state index contributed by atoms with van der Waals surface area (Å²) in [6.45, 7) is 8.48. The smallest absolute Gasteiger partial charge is 0.399 e. The molecule has 3 aliphatic rings. The zero-order valence-electron chi connectivity index (χ0n) is 23.8. The Kier molecular flexibility index (Phi) is 5.35. The predicted octanol–water partition coefficient (Wildman–Crippen LogP) is 8.48. The molecule has 5 aromatic rings. The highest BCUT2D eigenvalue weighted by atomic mass is 32.2. The average molecular weight is 551 g/mol. The summed E-state index contributed by atoms with van der Waals surface area (Å²) in [6.07, 6.45) is 0. The van der Waals surface area contributed by atoms with E-state index in [1.165, 1.54) is 54.3 Å². The van der Waals surface area contributed by atoms with Crippen LogP contribution in [0.3, 0.4) is 0 Å². The van der Waals surface area contributed by atoms with Crippen molar-refractivity contribution in [3.63, 3.8) is 0 Å². The van der Waals surface area contributed by atoms with Crippen molar-refractivity contribution >= 4 is 24.3 Å². The van der Waals surface area contributed by atoms with E-state index in [2.05, 4.69) is 143 Å². The molecule has 2 aliphatic heterocycles. The molecular formula is C37H31BO2S. The van der Waals surface area contributed by atoms with E-state index in [1.807, 2.05) is 11.8 Å². The molecule has 0 amide bonds. The minimum absolute atomic E-state index is 0.407. The van der Waals surface area contributed by atoms with E-state index in [9.17, 15) is 0 Å². The molecule has 0 N–H and O–H groups in total. The number of hydrogen-bond donors (Lipinski definition) is 0. The molecule has 0 unspecified atom stereocenters. The summed E-state index contributed by atoms with van der Waals surface area (Å²) in [5.74, 6) is 0. The molecule has 0 radical (unpaired) electrons. The number of benzene rings is 5. The molecule has 0 saturated carbocycles. The highest BCUT2D eigenvalue weighted by molar-refractivity contribution is 7.99. The summed E-state index contributed by atoms with van der Waals surface area (Å²) in [5.41, 5.74) is 10.00. The van der Waals surface area contributed by atoms with Crippen molar-refractivity contribution < 1.29 is 9.31 Å². The van der Waals surface area contributed by atoms with Gasteiger partial charge in [-0.15, -0.1) is 0 Å². The summed E-state index contributed by atoms with van der Waals surface area (Å²) in [5, 5.41) is 0. The van der Waals surface area contributed by atoms with E-state index >= 15 is 0 Å². The Labute approximate surface area is 246 Å². The molecule has 0 bridgehead atoms. The maximum absolute atomic E-state index is 6.57. The van der Waals surface area contributed by atoms with Crippen molar-refractivity contribution in [3.05, 3.63) is 138 Å². The lowest BCUT2D eigenvalue weighted by molar-refractivity contribution is 0.00578. The van der Waals surface area contributed by atoms with Crippen molar-refractivity contribution in [2.75, 3.05) is 0 Å². The van der Waals surface area contributed by atoms with Gasteiger partial charge in [0, 0.05) is 9.79 Å². The zero-order chi connectivity index (χ0) is 28.0. The van der Waals surface area contributed by atoms with Gasteiger partial charge in [-0.05, 0) is 89.8 Å². The van der Waals surface area contributed by atoms with Gasteiger partial charge in [-0.25, -0.2) is 0 Å². The van der Waals surface area contributed by atoms with Crippen LogP contribution in [0, 0.1) is 0 Å². The third-order valence-electron chi connectivity index (χ3n) is 9.61. The second-order valence-electron chi connectivity index (χ2n) is 12.3. The first-order valence-corrected chi connectivity index (χ1v) is 15.2. The highest BCUT2D eigenvalue weighted by Gasteiger charge is 2.53. The fourth-order valence-electron chi connectivity index (χ4n) is 6.95. The quantitative estimate of drug-likeness (QED) is 0.191. The third kappa shape index (κ3) is 3.42. The molecule has 2 nitrogen and oxygen atoms in total. The van der Waals surface area contributed by atoms with Crippen LogP contribution in [0.4, 0.5) is 0 Å². The first-order valence-electron chi connectivity index (χ1n) is 14.4. The van der Waals surface area contributed by atoms with Gasteiger partial charge >= 0.3 is 7.12 Å². The summed E-state index contributed by atoms with van der Waals surface area (Å²) < 4.78 is 13.1. The standard InChI is InChI=1S/C37H31BO2S/c1-35(2)36(3,4)40-38(39-35)24-21-22-34-32(23-24)37(31-19-11-12-20-33(31)41-34)29-17-9-7-15-27(29)25-13-5-6-14-26(25)28-16-8-10-18-30(28)37/h5-23H,1-4H3. The predicted molar refractivity (Wildman–Crippen MR) is 169 cm³/mol. The van der Waals surface area contributed by atoms with Crippen molar-refractivity contribution in [1.82, 2.24) is 0 Å². The molecule has 0 aromatic heterocycles. The van der Waals surface area contributed by atoms with Crippen LogP contribution in [0.1, 0.15) is 49.9 Å². The van der Waals surface area contributed by atoms with Crippen LogP contribution in [-0.2, 0) is 14.7 Å². The lowest BCUT2D eigenvalue weighted by atomic mass is 9.62. The van der Waals surface area contributed by atoms with Gasteiger partial charge < -0.3 is 9.31 Å². The Balaban J connectivity index is 1.50. The van der Waals surface area contributed by atoms with E-state index in [4.69, 9.17) is 9.31 Å². The first kappa shape index (κ1) is 25.2. The lowest BCUT2D eigenvalue weighted by Crippen LogP contribution is -2.41. The zero-order valence-corrected chi connectivity index (χ0v) is 24.6. The van der Waals surface area contributed by atoms with Crippen LogP contribution < -0.4 is 5.46 Å². The van der Waals surface area contributed by atoms with Crippen molar-refractivity contribution in [3.8, 4) is 22.3 Å². The fraction of sp³-hybridized carbons (Fsp3) is 0.189. The van der Waals surface area contributed by atoms with Crippen molar-refractivity contribution in [1.29, 1.82) is 0 Å². The Bertz CT molecular complexity index is 1770. The maximum atomic E-state index is 6.57. The normalized spacial score (nSPS) is 18.5. The van der Waals surface area contributed by atoms with Crippen LogP contribution in [0.2, 0.25) is 0 Å². The number of hydrogen-bond acceptors (Lipinski definition) is 3. The topological polar surface area (TPSA) is 18.5 Å². The van der Waals surface area contributed by atoms with Crippen LogP contribution in [0.15, 0.2) is 125 Å². The van der Waals surface area contributed by atoms with Gasteiger partial charge in [0.1, 0.15) is 0 Å². The van der Waals surface area contributed by atoms with E-state index in [-0.39, 0.29) is 0 Å². The Morgan fingerprint density at radius 1 is 0.488 bits per heavy atom. The van der Waals surface area contributed by atoms with E-state index < -0.39 is 23.7 Å². The molecule has 1 saturated heterocycles. The SMILES string of the molecule is CC1(C)OB(c2ccc3c(c2)C2(c4ccccc4S3)c3ccccc3-c3ccccc3-c3ccccc32)OC1(C)C. The van der Waals surface area contributed by atoms with E-state index in [0.717, 1.165) is 5.46 Å². The van der Waals surface area contributed by atoms with E-state index in [1.54, 1.807) is 0 Å². The van der Waals surface area contributed by atoms with Gasteiger partial charge in [0.15, 0.2) is 0 Å². The average Bonchev–Trinajstić information content (AvgIpc) is 3.15. The van der Waals surface area contributed by atoms with Gasteiger partial charge in [0.2, 0.25) is 0 Å². The summed E-state index contributed by atoms with van der Waals surface area (Å²) in [6, 6.07) is 42.6. The van der Waals surface area contributed by atoms with Crippen LogP contribution in [-0.4, -0.2) is 18.3 Å². The second kappa shape index (κ2) is 8.72. The Morgan fingerprint density at radius 2 is 0.951 bits per heavy atom. The molecule has 1 aliphatic carbocycles. The van der Waals surface area contributed by atoms with E-state index in [0.29, 0.717) is 0 Å². The van der Waals surface area contributed by atoms with Crippen molar-refractivity contribution in [2.45, 2.75) is 54.1 Å². The number of fused-ring (bicyclic) bond motifs is 11. The molecule has 1 fully saturated rings. The Hall–Kier alpha value is -3.57. The first-order chi connectivity index (χ1) is 19.8. The molecule has 200 valence electrons. The Morgan fingerprint density at radius 3 is 1.54 bits per heavy atom. The minimum atomic E-state index is -0.525. The highest BCUT2D eigenvalue weighted by Crippen LogP contribution is 2.60. The van der Waals surface area contributed by atoms with Gasteiger partial charge in [-0.3, -0.25) is 0 Å². The fourth-order valence-corrected chi connectivity index (χ4v) is 8.13. The monoisotopic (exact) mass is 550 g/mol. The van der Waals surface area contributed by atoms with Crippen LogP contribution in [0.25, 0.3) is 22.3 Å². The maximum Gasteiger partial charge on any atom is 0.494 e. The molecule has 2 heterocycles. The molecule has 5 aromatic carbocycles. The molecule has 4 heteroatoms. The minimum Gasteiger partial charge on any atom is -0.399 e. The van der Waals surface area contributed by atoms with Crippen molar-refractivity contribution in [2.24, 2.45) is 0 Å². The summed E-state index contributed by atoms with van der Waals surface area (Å²) >= 11 is 1.86. The summed E-state index contributed by atoms with van der Waals surface area (Å²) in [4.78, 5) is 2.55. The van der Waals surface area contributed by atoms with Crippen LogP contribution in [0.5, 0.6) is 0 Å². The number of rotatable bonds is 1. The third-order valence-corrected chi connectivity index (χ3v) is 10.8. The van der Waals surface area contributed by atoms with Gasteiger partial charge in [0.25, 0.3) is 0 Å². The molecule has 41 heavy (non-hydrogen) atoms. The van der Waals surface area contributed by atoms with Gasteiger partial charge in [-0.2, -0.15) is 0 Å². The lowest BCUT2D eigenvalue weighted by Gasteiger charge is -2.43. The van der Waals surface area contributed by atoms with Crippen LogP contribution >= 0.6 is 11.8 Å². The summed E-state index contributed by atoms with van der Waals surface area (Å²) in [7, 11) is -0.432. The van der Waals surface area contributed by atoms with Gasteiger partial charge in [0.05, 0.1) is 16.6 Å². The molecule has 8 rings (SSSR count).